The topological polar surface area (TPSA) is 76.9 Å². The largest absolute Gasteiger partial charge is 0.421 e. The molecule has 2 N–H and O–H groups in total. The highest BCUT2D eigenvalue weighted by Crippen LogP contribution is 2.34. The second-order valence-electron chi connectivity index (χ2n) is 6.17. The molecule has 2 aromatic rings. The smallest absolute Gasteiger partial charge is 0.376 e. The van der Waals surface area contributed by atoms with Crippen molar-refractivity contribution in [2.45, 2.75) is 32.5 Å². The second kappa shape index (κ2) is 6.17. The molecule has 1 fully saturated rings. The average Bonchev–Trinajstić information content (AvgIpc) is 2.85. The van der Waals surface area contributed by atoms with Crippen LogP contribution >= 0.6 is 0 Å². The first kappa shape index (κ1) is 17.5. The van der Waals surface area contributed by atoms with Gasteiger partial charge in [-0.15, -0.1) is 0 Å². The summed E-state index contributed by atoms with van der Waals surface area (Å²) in [7, 11) is 0. The Hall–Kier alpha value is -2.36. The number of hydrogen-bond acceptors (Lipinski definition) is 6. The van der Waals surface area contributed by atoms with E-state index in [-0.39, 0.29) is 17.3 Å². The zero-order valence-electron chi connectivity index (χ0n) is 14.1. The highest BCUT2D eigenvalue weighted by Gasteiger charge is 2.37. The lowest BCUT2D eigenvalue weighted by Gasteiger charge is -2.38. The van der Waals surface area contributed by atoms with Crippen molar-refractivity contribution >= 4 is 17.5 Å². The minimum Gasteiger partial charge on any atom is -0.376 e. The lowest BCUT2D eigenvalue weighted by Crippen LogP contribution is -2.49. The quantitative estimate of drug-likeness (QED) is 0.858. The molecule has 7 nitrogen and oxygen atoms in total. The number of alkyl halides is 3. The summed E-state index contributed by atoms with van der Waals surface area (Å²) in [5.41, 5.74) is 0.226. The van der Waals surface area contributed by atoms with E-state index in [1.807, 2.05) is 6.92 Å². The first-order valence-electron chi connectivity index (χ1n) is 7.82. The minimum absolute atomic E-state index is 0.0709. The Balaban J connectivity index is 1.87. The zero-order valence-corrected chi connectivity index (χ0v) is 14.1. The van der Waals surface area contributed by atoms with Crippen LogP contribution in [0.1, 0.15) is 25.1 Å². The molecule has 0 aromatic carbocycles. The van der Waals surface area contributed by atoms with Crippen molar-refractivity contribution in [2.24, 2.45) is 0 Å². The Morgan fingerprint density at radius 2 is 2.08 bits per heavy atom. The Morgan fingerprint density at radius 3 is 2.64 bits per heavy atom. The molecular weight excluding hydrogens is 337 g/mol. The summed E-state index contributed by atoms with van der Waals surface area (Å²) >= 11 is 0. The summed E-state index contributed by atoms with van der Waals surface area (Å²) in [6.07, 6.45) is -1.96. The highest BCUT2D eigenvalue weighted by molar-refractivity contribution is 5.58. The minimum atomic E-state index is -4.52. The zero-order chi connectivity index (χ0) is 18.2. The molecule has 1 aliphatic rings. The van der Waals surface area contributed by atoms with Crippen molar-refractivity contribution in [1.29, 1.82) is 0 Å². The van der Waals surface area contributed by atoms with E-state index in [1.165, 1.54) is 0 Å². The second-order valence-corrected chi connectivity index (χ2v) is 6.17. The van der Waals surface area contributed by atoms with Gasteiger partial charge in [-0.2, -0.15) is 23.3 Å². The van der Waals surface area contributed by atoms with Gasteiger partial charge in [0.05, 0.1) is 24.6 Å². The molecule has 0 bridgehead atoms. The van der Waals surface area contributed by atoms with Gasteiger partial charge < -0.3 is 15.4 Å². The SMILES string of the molecule is CCNc1nc(Nc2cn(C3(C)COC3)nc2C)ncc1C(F)(F)F. The summed E-state index contributed by atoms with van der Waals surface area (Å²) < 4.78 is 46.0. The summed E-state index contributed by atoms with van der Waals surface area (Å²) in [6, 6.07) is 0. The average molecular weight is 356 g/mol. The maximum Gasteiger partial charge on any atom is 0.421 e. The van der Waals surface area contributed by atoms with E-state index in [1.54, 1.807) is 24.7 Å². The Morgan fingerprint density at radius 1 is 1.36 bits per heavy atom. The number of aromatic nitrogens is 4. The number of nitrogens with one attached hydrogen (secondary N) is 2. The van der Waals surface area contributed by atoms with Crippen LogP contribution in [-0.4, -0.2) is 39.5 Å². The number of rotatable bonds is 5. The van der Waals surface area contributed by atoms with Gasteiger partial charge in [-0.25, -0.2) is 4.98 Å². The monoisotopic (exact) mass is 356 g/mol. The molecule has 0 radical (unpaired) electrons. The van der Waals surface area contributed by atoms with E-state index in [9.17, 15) is 13.2 Å². The van der Waals surface area contributed by atoms with Gasteiger partial charge in [-0.3, -0.25) is 4.68 Å². The fourth-order valence-corrected chi connectivity index (χ4v) is 2.46. The van der Waals surface area contributed by atoms with Crippen molar-refractivity contribution in [3.63, 3.8) is 0 Å². The molecule has 2 aromatic heterocycles. The predicted octanol–water partition coefficient (Wildman–Crippen LogP) is 2.92. The van der Waals surface area contributed by atoms with Crippen LogP contribution in [0.15, 0.2) is 12.4 Å². The normalized spacial score (nSPS) is 16.4. The summed E-state index contributed by atoms with van der Waals surface area (Å²) in [5.74, 6) is -0.182. The first-order chi connectivity index (χ1) is 11.7. The third-order valence-electron chi connectivity index (χ3n) is 3.96. The Bertz CT molecular complexity index is 769. The summed E-state index contributed by atoms with van der Waals surface area (Å²) in [6.45, 7) is 6.96. The van der Waals surface area contributed by atoms with Crippen LogP contribution in [0, 0.1) is 6.92 Å². The maximum atomic E-state index is 13.0. The van der Waals surface area contributed by atoms with E-state index >= 15 is 0 Å². The Kier molecular flexibility index (Phi) is 4.31. The number of anilines is 3. The predicted molar refractivity (Wildman–Crippen MR) is 85.9 cm³/mol. The summed E-state index contributed by atoms with van der Waals surface area (Å²) in [4.78, 5) is 7.74. The number of hydrogen-bond donors (Lipinski definition) is 2. The molecule has 136 valence electrons. The van der Waals surface area contributed by atoms with Crippen LogP contribution in [0.4, 0.5) is 30.6 Å². The number of nitrogens with zero attached hydrogens (tertiary/aromatic N) is 4. The molecule has 0 spiro atoms. The standard InChI is InChI=1S/C15H19F3N6O/c1-4-19-12-10(15(16,17)18)5-20-13(22-12)21-11-6-24(23-9(11)2)14(3)7-25-8-14/h5-6H,4,7-8H2,1-3H3,(H2,19,20,21,22). The Labute approximate surface area is 142 Å². The van der Waals surface area contributed by atoms with Crippen LogP contribution < -0.4 is 10.6 Å². The van der Waals surface area contributed by atoms with E-state index in [0.29, 0.717) is 31.1 Å². The molecule has 25 heavy (non-hydrogen) atoms. The highest BCUT2D eigenvalue weighted by atomic mass is 19.4. The molecule has 0 amide bonds. The maximum absolute atomic E-state index is 13.0. The molecule has 1 saturated heterocycles. The molecule has 0 saturated carbocycles. The fraction of sp³-hybridized carbons (Fsp3) is 0.533. The third kappa shape index (κ3) is 3.39. The van der Waals surface area contributed by atoms with Gasteiger partial charge >= 0.3 is 6.18 Å². The molecule has 3 heterocycles. The van der Waals surface area contributed by atoms with Gasteiger partial charge in [0.2, 0.25) is 5.95 Å². The van der Waals surface area contributed by atoms with Crippen molar-refractivity contribution in [1.82, 2.24) is 19.7 Å². The molecule has 3 rings (SSSR count). The number of ether oxygens (including phenoxy) is 1. The van der Waals surface area contributed by atoms with Crippen LogP contribution in [0.25, 0.3) is 0 Å². The molecule has 10 heteroatoms. The molecule has 0 unspecified atom stereocenters. The fourth-order valence-electron chi connectivity index (χ4n) is 2.46. The lowest BCUT2D eigenvalue weighted by molar-refractivity contribution is -0.137. The molecule has 0 aliphatic carbocycles. The van der Waals surface area contributed by atoms with Gasteiger partial charge in [0, 0.05) is 18.9 Å². The lowest BCUT2D eigenvalue weighted by atomic mass is 10.0. The van der Waals surface area contributed by atoms with Crippen LogP contribution in [-0.2, 0) is 16.5 Å². The van der Waals surface area contributed by atoms with Crippen molar-refractivity contribution in [2.75, 3.05) is 30.4 Å². The van der Waals surface area contributed by atoms with Crippen LogP contribution in [0.2, 0.25) is 0 Å². The van der Waals surface area contributed by atoms with Crippen molar-refractivity contribution in [3.8, 4) is 0 Å². The first-order valence-corrected chi connectivity index (χ1v) is 7.82. The third-order valence-corrected chi connectivity index (χ3v) is 3.96. The van der Waals surface area contributed by atoms with Crippen molar-refractivity contribution in [3.05, 3.63) is 23.7 Å². The van der Waals surface area contributed by atoms with Crippen molar-refractivity contribution < 1.29 is 17.9 Å². The molecule has 1 aliphatic heterocycles. The van der Waals surface area contributed by atoms with Gasteiger partial charge in [-0.05, 0) is 20.8 Å². The van der Waals surface area contributed by atoms with Crippen LogP contribution in [0.3, 0.4) is 0 Å². The van der Waals surface area contributed by atoms with E-state index in [4.69, 9.17) is 4.74 Å². The van der Waals surface area contributed by atoms with Crippen LogP contribution in [0.5, 0.6) is 0 Å². The summed E-state index contributed by atoms with van der Waals surface area (Å²) in [5, 5.41) is 10.00. The van der Waals surface area contributed by atoms with Gasteiger partial charge in [0.15, 0.2) is 0 Å². The van der Waals surface area contributed by atoms with Gasteiger partial charge in [0.25, 0.3) is 0 Å². The van der Waals surface area contributed by atoms with E-state index in [0.717, 1.165) is 6.20 Å². The van der Waals surface area contributed by atoms with Gasteiger partial charge in [-0.1, -0.05) is 0 Å². The van der Waals surface area contributed by atoms with Gasteiger partial charge in [0.1, 0.15) is 16.9 Å². The number of aryl methyl sites for hydroxylation is 1. The molecule has 0 atom stereocenters. The molecular formula is C15H19F3N6O. The van der Waals surface area contributed by atoms with E-state index < -0.39 is 11.7 Å². The van der Waals surface area contributed by atoms with E-state index in [2.05, 4.69) is 25.7 Å². The number of halogens is 3.